The van der Waals surface area contributed by atoms with Crippen LogP contribution in [-0.4, -0.2) is 62.0 Å². The Bertz CT molecular complexity index is 1030. The number of hydrogen-bond donors (Lipinski definition) is 5. The molecular weight excluding hydrogens is 466 g/mol. The molecule has 1 amide bonds. The standard InChI is InChI=1S/C17H22BrN5O7/c1-17(2,15(27)29-3)4-5-8(24)9(25)14(30-5)23-13-7(11(19)22-16(23)28)6(12(20)26)10(18)21-13/h5,8-9,14,24-25H,4,19H2,1-3H3,(H2,20,26)(H,22,28)/t5-,8-,9+,14-/m0/s1. The molecule has 3 aliphatic heterocycles. The molecule has 164 valence electrons. The van der Waals surface area contributed by atoms with Gasteiger partial charge in [-0.2, -0.15) is 0 Å². The number of aromatic nitrogens is 3. The number of carbonyl (C=O) groups is 2. The minimum absolute atomic E-state index is 0.00957. The number of halogens is 1. The number of primary amides is 1. The van der Waals surface area contributed by atoms with Crippen molar-refractivity contribution in [3.63, 3.8) is 0 Å². The summed E-state index contributed by atoms with van der Waals surface area (Å²) in [5.74, 6) is -1.57. The number of ether oxygens (including phenoxy) is 2. The first-order valence-electron chi connectivity index (χ1n) is 8.89. The fraction of sp³-hybridized carbons (Fsp3) is 0.529. The molecule has 0 saturated carbocycles. The molecular formula is C17H22BrN5O7. The van der Waals surface area contributed by atoms with E-state index in [1.165, 1.54) is 7.11 Å². The second-order valence-electron chi connectivity index (χ2n) is 7.68. The molecule has 0 unspecified atom stereocenters. The number of carbonyl (C=O) groups excluding carboxylic acids is 2. The Morgan fingerprint density at radius 1 is 1.37 bits per heavy atom. The number of esters is 1. The summed E-state index contributed by atoms with van der Waals surface area (Å²) in [7, 11) is 1.24. The fourth-order valence-electron chi connectivity index (χ4n) is 3.62. The SMILES string of the molecule is COC(=O)C(C)(C)C[C@@H]1O[C@H](n2c3nc(Br)c(C(N)=O)c-3c(N)[nH]c2=O)[C@H](O)[C@H]1O. The maximum absolute atomic E-state index is 12.6. The number of anilines is 1. The van der Waals surface area contributed by atoms with E-state index in [0.29, 0.717) is 0 Å². The molecule has 4 atom stereocenters. The second kappa shape index (κ2) is 7.65. The molecule has 1 saturated heterocycles. The third-order valence-corrected chi connectivity index (χ3v) is 5.70. The molecule has 0 aromatic rings. The zero-order chi connectivity index (χ0) is 22.5. The van der Waals surface area contributed by atoms with E-state index in [2.05, 4.69) is 25.9 Å². The van der Waals surface area contributed by atoms with Crippen molar-refractivity contribution in [3.05, 3.63) is 20.7 Å². The van der Waals surface area contributed by atoms with Crippen LogP contribution in [0.15, 0.2) is 9.40 Å². The highest BCUT2D eigenvalue weighted by atomic mass is 79.9. The van der Waals surface area contributed by atoms with Crippen LogP contribution in [0.25, 0.3) is 11.4 Å². The van der Waals surface area contributed by atoms with Gasteiger partial charge < -0.3 is 31.2 Å². The number of nitrogens with zero attached hydrogens (tertiary/aromatic N) is 2. The molecule has 0 radical (unpaired) electrons. The lowest BCUT2D eigenvalue weighted by atomic mass is 9.85. The summed E-state index contributed by atoms with van der Waals surface area (Å²) in [5.41, 5.74) is 9.45. The summed E-state index contributed by atoms with van der Waals surface area (Å²) in [6.45, 7) is 3.20. The molecule has 0 spiro atoms. The number of H-pyrrole nitrogens is 1. The maximum atomic E-state index is 12.6. The smallest absolute Gasteiger partial charge is 0.330 e. The zero-order valence-corrected chi connectivity index (χ0v) is 18.0. The van der Waals surface area contributed by atoms with Crippen molar-refractivity contribution in [2.45, 2.75) is 44.8 Å². The summed E-state index contributed by atoms with van der Waals surface area (Å²) >= 11 is 3.11. The van der Waals surface area contributed by atoms with Crippen LogP contribution >= 0.6 is 15.9 Å². The van der Waals surface area contributed by atoms with Crippen molar-refractivity contribution in [1.29, 1.82) is 0 Å². The van der Waals surface area contributed by atoms with Gasteiger partial charge in [-0.1, -0.05) is 0 Å². The number of aromatic amines is 1. The molecule has 0 aromatic carbocycles. The van der Waals surface area contributed by atoms with E-state index in [1.54, 1.807) is 13.8 Å². The fourth-order valence-corrected chi connectivity index (χ4v) is 4.18. The van der Waals surface area contributed by atoms with Gasteiger partial charge in [0.25, 0.3) is 5.91 Å². The van der Waals surface area contributed by atoms with Crippen LogP contribution in [0.5, 0.6) is 0 Å². The van der Waals surface area contributed by atoms with Crippen LogP contribution in [0.2, 0.25) is 0 Å². The Morgan fingerprint density at radius 2 is 2.00 bits per heavy atom. The molecule has 0 bridgehead atoms. The molecule has 30 heavy (non-hydrogen) atoms. The van der Waals surface area contributed by atoms with Gasteiger partial charge in [-0.3, -0.25) is 14.6 Å². The molecule has 12 nitrogen and oxygen atoms in total. The van der Waals surface area contributed by atoms with Crippen LogP contribution in [0, 0.1) is 5.41 Å². The summed E-state index contributed by atoms with van der Waals surface area (Å²) in [4.78, 5) is 42.9. The lowest BCUT2D eigenvalue weighted by Crippen LogP contribution is -2.38. The molecule has 0 aromatic heterocycles. The van der Waals surface area contributed by atoms with E-state index in [4.69, 9.17) is 20.9 Å². The zero-order valence-electron chi connectivity index (χ0n) is 16.4. The summed E-state index contributed by atoms with van der Waals surface area (Å²) < 4.78 is 11.5. The number of aliphatic hydroxyl groups excluding tert-OH is 2. The van der Waals surface area contributed by atoms with Gasteiger partial charge >= 0.3 is 11.7 Å². The van der Waals surface area contributed by atoms with Gasteiger partial charge in [0.2, 0.25) is 0 Å². The van der Waals surface area contributed by atoms with Crippen molar-refractivity contribution in [1.82, 2.24) is 14.5 Å². The largest absolute Gasteiger partial charge is 0.469 e. The number of methoxy groups -OCH3 is 1. The van der Waals surface area contributed by atoms with Crippen molar-refractivity contribution in [2.24, 2.45) is 11.1 Å². The molecule has 3 heterocycles. The molecule has 1 fully saturated rings. The van der Waals surface area contributed by atoms with E-state index < -0.39 is 47.5 Å². The van der Waals surface area contributed by atoms with Crippen LogP contribution < -0.4 is 17.2 Å². The highest BCUT2D eigenvalue weighted by Crippen LogP contribution is 2.40. The van der Waals surface area contributed by atoms with E-state index in [0.717, 1.165) is 4.57 Å². The van der Waals surface area contributed by atoms with Crippen molar-refractivity contribution in [3.8, 4) is 11.4 Å². The number of hydrogen-bond acceptors (Lipinski definition) is 9. The van der Waals surface area contributed by atoms with Crippen LogP contribution in [0.1, 0.15) is 36.9 Å². The van der Waals surface area contributed by atoms with Crippen molar-refractivity contribution < 1.29 is 29.3 Å². The minimum atomic E-state index is -1.53. The summed E-state index contributed by atoms with van der Waals surface area (Å²) in [5, 5.41) is 21.1. The van der Waals surface area contributed by atoms with E-state index in [9.17, 15) is 24.6 Å². The second-order valence-corrected chi connectivity index (χ2v) is 8.43. The van der Waals surface area contributed by atoms with Gasteiger partial charge in [-0.25, -0.2) is 14.3 Å². The molecule has 3 aliphatic rings. The summed E-state index contributed by atoms with van der Waals surface area (Å²) in [6, 6.07) is 0. The number of nitrogens with two attached hydrogens (primary N) is 2. The number of aliphatic hydroxyl groups is 2. The Hall–Kier alpha value is -2.48. The Labute approximate surface area is 178 Å². The highest BCUT2D eigenvalue weighted by molar-refractivity contribution is 9.10. The van der Waals surface area contributed by atoms with Gasteiger partial charge in [0, 0.05) is 0 Å². The predicted octanol–water partition coefficient (Wildman–Crippen LogP) is -0.672. The average molecular weight is 488 g/mol. The Balaban J connectivity index is 2.05. The maximum Gasteiger partial charge on any atom is 0.330 e. The van der Waals surface area contributed by atoms with Gasteiger partial charge in [0.1, 0.15) is 22.6 Å². The van der Waals surface area contributed by atoms with E-state index >= 15 is 0 Å². The van der Waals surface area contributed by atoms with E-state index in [-0.39, 0.29) is 33.8 Å². The van der Waals surface area contributed by atoms with Crippen molar-refractivity contribution in [2.75, 3.05) is 12.8 Å². The first kappa shape index (κ1) is 22.2. The first-order valence-corrected chi connectivity index (χ1v) is 9.69. The quantitative estimate of drug-likeness (QED) is 0.339. The van der Waals surface area contributed by atoms with Crippen LogP contribution in [0.3, 0.4) is 0 Å². The van der Waals surface area contributed by atoms with Gasteiger partial charge in [0.15, 0.2) is 12.1 Å². The van der Waals surface area contributed by atoms with Gasteiger partial charge in [-0.05, 0) is 36.2 Å². The number of rotatable bonds is 5. The Kier molecular flexibility index (Phi) is 5.66. The third kappa shape index (κ3) is 3.47. The lowest BCUT2D eigenvalue weighted by molar-refractivity contribution is -0.154. The number of nitrogens with one attached hydrogen (secondary N) is 1. The molecule has 13 heteroatoms. The third-order valence-electron chi connectivity index (χ3n) is 5.13. The van der Waals surface area contributed by atoms with Gasteiger partial charge in [0.05, 0.1) is 29.8 Å². The predicted molar refractivity (Wildman–Crippen MR) is 106 cm³/mol. The average Bonchev–Trinajstić information content (AvgIpc) is 3.13. The van der Waals surface area contributed by atoms with Crippen LogP contribution in [-0.2, 0) is 14.3 Å². The van der Waals surface area contributed by atoms with Gasteiger partial charge in [-0.15, -0.1) is 0 Å². The van der Waals surface area contributed by atoms with E-state index in [1.807, 2.05) is 0 Å². The molecule has 7 N–H and O–H groups in total. The number of fused-ring (bicyclic) bond motifs is 1. The minimum Gasteiger partial charge on any atom is -0.469 e. The number of nitrogen functional groups attached to an aromatic ring is 1. The first-order chi connectivity index (χ1) is 13.9. The summed E-state index contributed by atoms with van der Waals surface area (Å²) in [6.07, 6.45) is -5.29. The van der Waals surface area contributed by atoms with Crippen LogP contribution in [0.4, 0.5) is 5.82 Å². The highest BCUT2D eigenvalue weighted by Gasteiger charge is 2.48. The molecule has 3 rings (SSSR count). The number of amides is 1. The normalized spacial score (nSPS) is 24.3. The Morgan fingerprint density at radius 3 is 2.57 bits per heavy atom. The topological polar surface area (TPSA) is 196 Å². The van der Waals surface area contributed by atoms with Crippen molar-refractivity contribution >= 4 is 33.6 Å². The molecule has 0 aliphatic carbocycles. The lowest BCUT2D eigenvalue weighted by Gasteiger charge is -2.26. The monoisotopic (exact) mass is 487 g/mol.